The summed E-state index contributed by atoms with van der Waals surface area (Å²) in [5.41, 5.74) is 7.38. The van der Waals surface area contributed by atoms with Gasteiger partial charge in [-0.05, 0) is 52.3 Å². The molecule has 3 aromatic heterocycles. The topological polar surface area (TPSA) is 30.7 Å². The number of para-hydroxylation sites is 2. The van der Waals surface area contributed by atoms with E-state index in [4.69, 9.17) is 9.10 Å². The molecule has 0 unspecified atom stereocenters. The van der Waals surface area contributed by atoms with Crippen molar-refractivity contribution in [2.75, 3.05) is 0 Å². The molecule has 0 aliphatic carbocycles. The van der Waals surface area contributed by atoms with Crippen LogP contribution in [-0.4, -0.2) is 27.8 Å². The zero-order chi connectivity index (χ0) is 40.9. The quantitative estimate of drug-likeness (QED) is 0.127. The molecule has 0 saturated heterocycles. The molecular formula is C50H38FGeIrN3S-2. The molecule has 7 heteroatoms. The van der Waals surface area contributed by atoms with Crippen molar-refractivity contribution in [1.29, 1.82) is 0 Å². The summed E-state index contributed by atoms with van der Waals surface area (Å²) in [5.74, 6) is 7.54. The van der Waals surface area contributed by atoms with E-state index in [0.29, 0.717) is 16.8 Å². The Kier molecular flexibility index (Phi) is 9.79. The van der Waals surface area contributed by atoms with Crippen LogP contribution in [0.15, 0.2) is 158 Å². The summed E-state index contributed by atoms with van der Waals surface area (Å²) < 4.78 is 44.8. The number of imidazole rings is 1. The molecule has 7 aromatic carbocycles. The zero-order valence-electron chi connectivity index (χ0n) is 34.5. The number of aryl methyl sites for hydroxylation is 1. The Morgan fingerprint density at radius 2 is 1.49 bits per heavy atom. The molecule has 0 bridgehead atoms. The van der Waals surface area contributed by atoms with E-state index in [1.807, 2.05) is 128 Å². The van der Waals surface area contributed by atoms with E-state index in [2.05, 4.69) is 51.1 Å². The number of benzene rings is 7. The van der Waals surface area contributed by atoms with Gasteiger partial charge in [0.1, 0.15) is 5.82 Å². The van der Waals surface area contributed by atoms with Gasteiger partial charge < -0.3 is 4.57 Å². The maximum absolute atomic E-state index is 15.7. The van der Waals surface area contributed by atoms with Gasteiger partial charge in [-0.1, -0.05) is 89.8 Å². The van der Waals surface area contributed by atoms with Crippen molar-refractivity contribution in [1.82, 2.24) is 14.5 Å². The summed E-state index contributed by atoms with van der Waals surface area (Å²) in [6, 6.07) is 55.2. The molecule has 3 nitrogen and oxygen atoms in total. The Labute approximate surface area is 356 Å². The second-order valence-electron chi connectivity index (χ2n) is 14.8. The van der Waals surface area contributed by atoms with E-state index < -0.39 is 20.1 Å². The van der Waals surface area contributed by atoms with E-state index in [1.165, 1.54) is 15.7 Å². The molecule has 1 radical (unpaired) electrons. The predicted molar refractivity (Wildman–Crippen MR) is 237 cm³/mol. The molecule has 0 saturated carbocycles. The summed E-state index contributed by atoms with van der Waals surface area (Å²) in [6.45, 7) is -2.19. The molecule has 3 heterocycles. The second kappa shape index (κ2) is 16.0. The second-order valence-corrected chi connectivity index (χ2v) is 26.5. The van der Waals surface area contributed by atoms with Gasteiger partial charge in [-0.3, -0.25) is 4.98 Å². The van der Waals surface area contributed by atoms with Gasteiger partial charge >= 0.3 is 99.8 Å². The SMILES string of the molecule is [2H]C([2H])([2H])c1ccc2c(c1)sc1c(-c3nc4ccccc4n3-c3c(-c4ccccc4)cc(F)c4ccccc34)[c-]ccc12.[CH3][Ge]([CH3])([CH3])[c]1ccc(-c2[c-]cccc2)nc1.[Ir]. The van der Waals surface area contributed by atoms with Crippen LogP contribution >= 0.6 is 11.3 Å². The Morgan fingerprint density at radius 3 is 2.25 bits per heavy atom. The van der Waals surface area contributed by atoms with E-state index >= 15 is 4.39 Å². The standard InChI is InChI=1S/C36H22FN2S.C14H16GeN.Ir/c1-22-18-19-25-27-14-9-15-28(35(27)40-33(25)20-22)36-38-31-16-7-8-17-32(31)39(36)34-26-13-6-5-12-24(26)30(37)21-29(34)23-10-3-2-4-11-23;1-15(2,3)13-9-10-14(16-11-13)12-7-5-4-6-8-12;/h2-14,16-21H,1H3;4-7,9-11H,1-3H3;/q2*-1;/i1D3;;. The van der Waals surface area contributed by atoms with Gasteiger partial charge in [-0.2, -0.15) is 11.3 Å². The van der Waals surface area contributed by atoms with Gasteiger partial charge in [0.2, 0.25) is 0 Å². The molecule has 281 valence electrons. The molecule has 0 aliphatic rings. The number of nitrogens with zero attached hydrogens (tertiary/aromatic N) is 3. The van der Waals surface area contributed by atoms with Crippen LogP contribution in [0.3, 0.4) is 0 Å². The Bertz CT molecular complexity index is 3140. The van der Waals surface area contributed by atoms with Crippen LogP contribution in [0.5, 0.6) is 0 Å². The first-order chi connectivity index (χ1) is 28.5. The molecule has 10 rings (SSSR count). The van der Waals surface area contributed by atoms with Crippen LogP contribution in [0.2, 0.25) is 17.3 Å². The minimum atomic E-state index is -2.19. The first-order valence-electron chi connectivity index (χ1n) is 20.0. The third-order valence-corrected chi connectivity index (χ3v) is 15.5. The first-order valence-corrected chi connectivity index (χ1v) is 26.7. The van der Waals surface area contributed by atoms with E-state index in [9.17, 15) is 0 Å². The van der Waals surface area contributed by atoms with Crippen molar-refractivity contribution in [2.24, 2.45) is 0 Å². The summed E-state index contributed by atoms with van der Waals surface area (Å²) in [5, 5.41) is 3.30. The number of hydrogen-bond donors (Lipinski definition) is 0. The van der Waals surface area contributed by atoms with E-state index in [1.54, 1.807) is 18.2 Å². The largest absolute Gasteiger partial charge is 0 e. The molecule has 0 N–H and O–H groups in total. The maximum Gasteiger partial charge on any atom is 0 e. The Balaban J connectivity index is 0.000000248. The fourth-order valence-electron chi connectivity index (χ4n) is 7.27. The number of aromatic nitrogens is 3. The van der Waals surface area contributed by atoms with E-state index in [-0.39, 0.29) is 25.9 Å². The zero-order valence-corrected chi connectivity index (χ0v) is 36.8. The number of fused-ring (bicyclic) bond motifs is 5. The van der Waals surface area contributed by atoms with Crippen LogP contribution in [0.1, 0.15) is 9.68 Å². The van der Waals surface area contributed by atoms with Gasteiger partial charge in [-0.15, -0.1) is 18.2 Å². The van der Waals surface area contributed by atoms with Gasteiger partial charge in [0.15, 0.2) is 0 Å². The molecule has 0 spiro atoms. The van der Waals surface area contributed by atoms with Gasteiger partial charge in [0, 0.05) is 45.3 Å². The van der Waals surface area contributed by atoms with Crippen molar-refractivity contribution in [2.45, 2.75) is 24.1 Å². The number of rotatable bonds is 5. The van der Waals surface area contributed by atoms with Crippen LogP contribution in [0, 0.1) is 24.8 Å². The fourth-order valence-corrected chi connectivity index (χ4v) is 10.7. The fraction of sp³-hybridized carbons (Fsp3) is 0.0800. The predicted octanol–water partition coefficient (Wildman–Crippen LogP) is 13.2. The normalized spacial score (nSPS) is 12.5. The molecule has 0 atom stereocenters. The van der Waals surface area contributed by atoms with Crippen LogP contribution in [0.25, 0.3) is 81.4 Å². The van der Waals surface area contributed by atoms with E-state index in [0.717, 1.165) is 70.2 Å². The number of hydrogen-bond acceptors (Lipinski definition) is 3. The number of halogens is 1. The molecule has 0 amide bonds. The summed E-state index contributed by atoms with van der Waals surface area (Å²) in [4.78, 5) is 9.69. The van der Waals surface area contributed by atoms with Crippen molar-refractivity contribution in [3.05, 3.63) is 181 Å². The molecule has 0 fully saturated rings. The molecular weight excluding hydrogens is 958 g/mol. The van der Waals surface area contributed by atoms with Crippen LogP contribution in [0.4, 0.5) is 4.39 Å². The maximum atomic E-state index is 15.7. The smallest absolute Gasteiger partial charge is 0 e. The van der Waals surface area contributed by atoms with Crippen molar-refractivity contribution < 1.29 is 28.6 Å². The van der Waals surface area contributed by atoms with Gasteiger partial charge in [0.05, 0.1) is 22.5 Å². The average Bonchev–Trinajstić information content (AvgIpc) is 3.82. The summed E-state index contributed by atoms with van der Waals surface area (Å²) >= 11 is -0.177. The van der Waals surface area contributed by atoms with Gasteiger partial charge in [-0.25, -0.2) is 4.39 Å². The molecule has 57 heavy (non-hydrogen) atoms. The summed E-state index contributed by atoms with van der Waals surface area (Å²) in [6.07, 6.45) is 2.04. The molecule has 10 aromatic rings. The minimum Gasteiger partial charge on any atom is 0 e. The number of pyridine rings is 1. The van der Waals surface area contributed by atoms with Crippen molar-refractivity contribution >= 4 is 71.0 Å². The monoisotopic (exact) mass is 1000 g/mol. The number of thiophene rings is 1. The average molecular weight is 1000 g/mol. The van der Waals surface area contributed by atoms with Gasteiger partial charge in [0.25, 0.3) is 0 Å². The van der Waals surface area contributed by atoms with Crippen LogP contribution < -0.4 is 4.40 Å². The summed E-state index contributed by atoms with van der Waals surface area (Å²) in [7, 11) is 0. The third kappa shape index (κ3) is 7.39. The van der Waals surface area contributed by atoms with Crippen molar-refractivity contribution in [3.8, 4) is 39.5 Å². The molecule has 0 aliphatic heterocycles. The van der Waals surface area contributed by atoms with Crippen LogP contribution in [-0.2, 0) is 20.1 Å². The Hall–Kier alpha value is -5.24. The third-order valence-electron chi connectivity index (χ3n) is 10.1. The Morgan fingerprint density at radius 1 is 0.719 bits per heavy atom. The van der Waals surface area contributed by atoms with Crippen molar-refractivity contribution in [3.63, 3.8) is 0 Å². The first kappa shape index (κ1) is 35.0. The minimum absolute atomic E-state index is 0.